The average Bonchev–Trinajstić information content (AvgIpc) is 3.49. The summed E-state index contributed by atoms with van der Waals surface area (Å²) in [7, 11) is 3.33. The number of esters is 1. The van der Waals surface area contributed by atoms with E-state index < -0.39 is 36.5 Å². The molecular weight excluding hydrogens is 716 g/mol. The Hall–Kier alpha value is -4.36. The first kappa shape index (κ1) is 42.8. The molecule has 1 fully saturated rings. The van der Waals surface area contributed by atoms with Gasteiger partial charge in [0.1, 0.15) is 11.5 Å². The van der Waals surface area contributed by atoms with E-state index in [1.807, 2.05) is 48.5 Å². The van der Waals surface area contributed by atoms with E-state index in [4.69, 9.17) is 33.2 Å². The maximum Gasteiger partial charge on any atom is 0.413 e. The Labute approximate surface area is 331 Å². The SMILES string of the molecule is COCCCC(O[C@H]1CN(C(=O)OC(C)OC(=O)C(C)C)C[C@@H](O)[C@@H]1c1ccc(OCCCOCc2ccccc2OC)cc1)c1ccc2c(c1)NCC2(C)C. The first-order chi connectivity index (χ1) is 26.9. The van der Waals surface area contributed by atoms with Crippen LogP contribution in [0.1, 0.15) is 88.2 Å². The second kappa shape index (κ2) is 20.2. The number of carbonyl (C=O) groups excluding carboxylic acids is 2. The van der Waals surface area contributed by atoms with Gasteiger partial charge in [-0.05, 0) is 53.8 Å². The van der Waals surface area contributed by atoms with Crippen LogP contribution in [0, 0.1) is 5.92 Å². The van der Waals surface area contributed by atoms with Crippen LogP contribution in [0.5, 0.6) is 11.5 Å². The molecule has 2 aliphatic rings. The van der Waals surface area contributed by atoms with Crippen molar-refractivity contribution in [3.63, 3.8) is 0 Å². The molecule has 12 heteroatoms. The quantitative estimate of drug-likeness (QED) is 0.0718. The van der Waals surface area contributed by atoms with Crippen molar-refractivity contribution >= 4 is 17.7 Å². The van der Waals surface area contributed by atoms with Crippen LogP contribution in [0.4, 0.5) is 10.5 Å². The number of rotatable bonds is 19. The largest absolute Gasteiger partial charge is 0.496 e. The molecule has 0 saturated carbocycles. The van der Waals surface area contributed by atoms with Crippen LogP contribution in [-0.2, 0) is 40.5 Å². The number of nitrogens with one attached hydrogen (secondary N) is 1. The lowest BCUT2D eigenvalue weighted by molar-refractivity contribution is -0.171. The molecule has 5 rings (SSSR count). The Bertz CT molecular complexity index is 1710. The highest BCUT2D eigenvalue weighted by Gasteiger charge is 2.42. The van der Waals surface area contributed by atoms with E-state index in [-0.39, 0.29) is 30.5 Å². The monoisotopic (exact) mass is 776 g/mol. The minimum Gasteiger partial charge on any atom is -0.496 e. The van der Waals surface area contributed by atoms with E-state index in [1.54, 1.807) is 28.1 Å². The van der Waals surface area contributed by atoms with Crippen LogP contribution < -0.4 is 14.8 Å². The van der Waals surface area contributed by atoms with Crippen LogP contribution in [0.15, 0.2) is 66.7 Å². The molecular formula is C44H60N2O10. The standard InChI is InChI=1S/C44H60N2O10/c1-29(2)42(48)54-30(3)55-43(49)46-25-37(47)41(31-15-18-34(19-16-31)53-23-11-22-52-27-33-12-8-9-13-38(33)51-7)40(26-46)56-39(14-10-21-50-6)32-17-20-35-36(24-32)45-28-44(35,4)5/h8-9,12-13,15-20,24,29-30,37,39-41,45,47H,10-11,14,21-23,25-28H2,1-7H3/t30?,37-,39?,40+,41+/m1/s1. The Morgan fingerprint density at radius 1 is 0.929 bits per heavy atom. The van der Waals surface area contributed by atoms with Crippen molar-refractivity contribution in [2.45, 2.75) is 96.4 Å². The summed E-state index contributed by atoms with van der Waals surface area (Å²) < 4.78 is 40.5. The number of β-amino-alcohol motifs (C(OH)–C–C–N with tert-alkyl or cyclic N) is 1. The molecule has 56 heavy (non-hydrogen) atoms. The highest BCUT2D eigenvalue weighted by atomic mass is 16.7. The van der Waals surface area contributed by atoms with Crippen LogP contribution in [0.2, 0.25) is 0 Å². The molecule has 3 aromatic rings. The summed E-state index contributed by atoms with van der Waals surface area (Å²) in [5.74, 6) is 0.188. The molecule has 2 unspecified atom stereocenters. The maximum atomic E-state index is 13.5. The van der Waals surface area contributed by atoms with Gasteiger partial charge in [0.15, 0.2) is 0 Å². The summed E-state index contributed by atoms with van der Waals surface area (Å²) in [5.41, 5.74) is 5.21. The fraction of sp³-hybridized carbons (Fsp3) is 0.545. The smallest absolute Gasteiger partial charge is 0.413 e. The van der Waals surface area contributed by atoms with Crippen molar-refractivity contribution in [3.8, 4) is 11.5 Å². The van der Waals surface area contributed by atoms with Gasteiger partial charge in [-0.15, -0.1) is 0 Å². The van der Waals surface area contributed by atoms with Gasteiger partial charge >= 0.3 is 12.1 Å². The lowest BCUT2D eigenvalue weighted by atomic mass is 9.84. The number of nitrogens with zero attached hydrogens (tertiary/aromatic N) is 1. The second-order valence-electron chi connectivity index (χ2n) is 15.5. The van der Waals surface area contributed by atoms with Crippen LogP contribution in [0.3, 0.4) is 0 Å². The fourth-order valence-corrected chi connectivity index (χ4v) is 7.24. The number of carbonyl (C=O) groups is 2. The average molecular weight is 777 g/mol. The Morgan fingerprint density at radius 2 is 1.70 bits per heavy atom. The Morgan fingerprint density at radius 3 is 2.43 bits per heavy atom. The van der Waals surface area contributed by atoms with Gasteiger partial charge in [-0.25, -0.2) is 4.79 Å². The van der Waals surface area contributed by atoms with Crippen LogP contribution in [-0.4, -0.2) is 94.2 Å². The number of ether oxygens (including phenoxy) is 7. The van der Waals surface area contributed by atoms with Crippen molar-refractivity contribution < 1.29 is 47.9 Å². The van der Waals surface area contributed by atoms with E-state index >= 15 is 0 Å². The van der Waals surface area contributed by atoms with Gasteiger partial charge in [0.05, 0.1) is 64.2 Å². The first-order valence-electron chi connectivity index (χ1n) is 19.7. The number of hydrogen-bond acceptors (Lipinski definition) is 11. The molecule has 0 spiro atoms. The molecule has 3 aromatic carbocycles. The molecule has 12 nitrogen and oxygen atoms in total. The fourth-order valence-electron chi connectivity index (χ4n) is 7.24. The summed E-state index contributed by atoms with van der Waals surface area (Å²) in [5, 5.41) is 15.3. The number of fused-ring (bicyclic) bond motifs is 1. The predicted molar refractivity (Wildman–Crippen MR) is 213 cm³/mol. The highest BCUT2D eigenvalue weighted by Crippen LogP contribution is 2.41. The summed E-state index contributed by atoms with van der Waals surface area (Å²) in [6.45, 7) is 12.4. The molecule has 0 radical (unpaired) electrons. The van der Waals surface area contributed by atoms with Gasteiger partial charge in [0.25, 0.3) is 0 Å². The number of anilines is 1. The molecule has 2 heterocycles. The van der Waals surface area contributed by atoms with E-state index in [1.165, 1.54) is 17.4 Å². The van der Waals surface area contributed by atoms with Crippen molar-refractivity contribution in [3.05, 3.63) is 89.0 Å². The number of aliphatic hydroxyl groups excluding tert-OH is 1. The molecule has 2 aliphatic heterocycles. The number of likely N-dealkylation sites (tertiary alicyclic amines) is 1. The molecule has 1 amide bonds. The number of methoxy groups -OCH3 is 2. The van der Waals surface area contributed by atoms with Crippen LogP contribution in [0.25, 0.3) is 0 Å². The van der Waals surface area contributed by atoms with Crippen LogP contribution >= 0.6 is 0 Å². The zero-order valence-electron chi connectivity index (χ0n) is 34.0. The first-order valence-corrected chi connectivity index (χ1v) is 19.7. The number of benzene rings is 3. The number of amides is 1. The predicted octanol–water partition coefficient (Wildman–Crippen LogP) is 7.38. The highest BCUT2D eigenvalue weighted by molar-refractivity contribution is 5.72. The molecule has 2 N–H and O–H groups in total. The molecule has 306 valence electrons. The topological polar surface area (TPSA) is 134 Å². The lowest BCUT2D eigenvalue weighted by Gasteiger charge is -2.43. The molecule has 1 saturated heterocycles. The molecule has 5 atom stereocenters. The zero-order valence-corrected chi connectivity index (χ0v) is 34.0. The number of hydrogen-bond donors (Lipinski definition) is 2. The zero-order chi connectivity index (χ0) is 40.2. The van der Waals surface area contributed by atoms with Gasteiger partial charge in [-0.1, -0.05) is 70.2 Å². The summed E-state index contributed by atoms with van der Waals surface area (Å²) >= 11 is 0. The second-order valence-corrected chi connectivity index (χ2v) is 15.5. The van der Waals surface area contributed by atoms with Gasteiger partial charge in [0.2, 0.25) is 6.29 Å². The van der Waals surface area contributed by atoms with Gasteiger partial charge in [-0.3, -0.25) is 4.79 Å². The molecule has 0 aliphatic carbocycles. The maximum absolute atomic E-state index is 13.5. The summed E-state index contributed by atoms with van der Waals surface area (Å²) in [4.78, 5) is 27.0. The third kappa shape index (κ3) is 11.4. The summed E-state index contributed by atoms with van der Waals surface area (Å²) in [6.07, 6.45) is -1.62. The molecule has 0 bridgehead atoms. The number of para-hydroxylation sites is 1. The minimum atomic E-state index is -1.09. The summed E-state index contributed by atoms with van der Waals surface area (Å²) in [6, 6.07) is 21.9. The van der Waals surface area contributed by atoms with Gasteiger partial charge < -0.3 is 48.5 Å². The van der Waals surface area contributed by atoms with Crippen molar-refractivity contribution in [1.82, 2.24) is 4.90 Å². The van der Waals surface area contributed by atoms with Crippen molar-refractivity contribution in [2.24, 2.45) is 5.92 Å². The van der Waals surface area contributed by atoms with Gasteiger partial charge in [0, 0.05) is 56.2 Å². The van der Waals surface area contributed by atoms with E-state index in [0.29, 0.717) is 45.0 Å². The van der Waals surface area contributed by atoms with E-state index in [2.05, 4.69) is 37.4 Å². The third-order valence-electron chi connectivity index (χ3n) is 10.3. The van der Waals surface area contributed by atoms with Gasteiger partial charge in [-0.2, -0.15) is 0 Å². The lowest BCUT2D eigenvalue weighted by Crippen LogP contribution is -2.54. The number of aliphatic hydroxyl groups is 1. The van der Waals surface area contributed by atoms with E-state index in [0.717, 1.165) is 41.1 Å². The molecule has 0 aromatic heterocycles. The number of piperidine rings is 1. The van der Waals surface area contributed by atoms with E-state index in [9.17, 15) is 14.7 Å². The Kier molecular flexibility index (Phi) is 15.4. The van der Waals surface area contributed by atoms with Crippen molar-refractivity contribution in [1.29, 1.82) is 0 Å². The third-order valence-corrected chi connectivity index (χ3v) is 10.3. The normalized spacial score (nSPS) is 19.8. The minimum absolute atomic E-state index is 0.00744. The Balaban J connectivity index is 1.30. The van der Waals surface area contributed by atoms with Crippen molar-refractivity contribution in [2.75, 3.05) is 59.0 Å².